The van der Waals surface area contributed by atoms with E-state index in [1.807, 2.05) is 12.1 Å². The van der Waals surface area contributed by atoms with E-state index in [2.05, 4.69) is 4.72 Å². The Labute approximate surface area is 170 Å². The molecule has 0 radical (unpaired) electrons. The molecule has 1 unspecified atom stereocenters. The van der Waals surface area contributed by atoms with Gasteiger partial charge in [-0.15, -0.1) is 0 Å². The lowest BCUT2D eigenvalue weighted by Gasteiger charge is -2.36. The maximum Gasteiger partial charge on any atom is 0.265 e. The molecule has 1 fully saturated rings. The van der Waals surface area contributed by atoms with Crippen molar-refractivity contribution in [3.63, 3.8) is 0 Å². The van der Waals surface area contributed by atoms with Crippen molar-refractivity contribution >= 4 is 42.4 Å². The molecule has 1 atom stereocenters. The monoisotopic (exact) mass is 437 g/mol. The molecular formula is C19H23N3O5S2. The predicted molar refractivity (Wildman–Crippen MR) is 111 cm³/mol. The summed E-state index contributed by atoms with van der Waals surface area (Å²) in [6, 6.07) is 10.2. The first kappa shape index (κ1) is 20.1. The SMILES string of the molecule is CS(=O)(=O)NCC1CCCCN1C(=O)CN1c2cccc3cccc(c23)S1(=O)=O. The molecular weight excluding hydrogens is 414 g/mol. The first-order valence-corrected chi connectivity index (χ1v) is 12.8. The second-order valence-corrected chi connectivity index (χ2v) is 11.2. The van der Waals surface area contributed by atoms with Crippen LogP contribution in [-0.2, 0) is 24.8 Å². The van der Waals surface area contributed by atoms with Crippen LogP contribution in [0.1, 0.15) is 19.3 Å². The van der Waals surface area contributed by atoms with Crippen molar-refractivity contribution in [1.29, 1.82) is 0 Å². The molecule has 2 aliphatic rings. The average molecular weight is 438 g/mol. The van der Waals surface area contributed by atoms with Gasteiger partial charge < -0.3 is 4.90 Å². The Morgan fingerprint density at radius 2 is 1.90 bits per heavy atom. The van der Waals surface area contributed by atoms with E-state index in [0.717, 1.165) is 24.5 Å². The standard InChI is InChI=1S/C19H23N3O5S2/c1-28(24,25)20-12-15-8-2-3-11-21(15)18(23)13-22-16-9-4-6-14-7-5-10-17(19(14)16)29(22,26)27/h4-7,9-10,15,20H,2-3,8,11-13H2,1H3. The summed E-state index contributed by atoms with van der Waals surface area (Å²) in [6.45, 7) is 0.318. The van der Waals surface area contributed by atoms with Crippen LogP contribution in [0.3, 0.4) is 0 Å². The van der Waals surface area contributed by atoms with Crippen molar-refractivity contribution in [3.8, 4) is 0 Å². The Morgan fingerprint density at radius 1 is 1.17 bits per heavy atom. The highest BCUT2D eigenvalue weighted by atomic mass is 32.2. The van der Waals surface area contributed by atoms with Gasteiger partial charge in [0.05, 0.1) is 16.8 Å². The van der Waals surface area contributed by atoms with Crippen molar-refractivity contribution in [3.05, 3.63) is 36.4 Å². The topological polar surface area (TPSA) is 104 Å². The quantitative estimate of drug-likeness (QED) is 0.759. The molecule has 8 nitrogen and oxygen atoms in total. The van der Waals surface area contributed by atoms with E-state index in [1.165, 1.54) is 4.31 Å². The summed E-state index contributed by atoms with van der Waals surface area (Å²) < 4.78 is 52.7. The van der Waals surface area contributed by atoms with Crippen LogP contribution in [0.5, 0.6) is 0 Å². The first-order chi connectivity index (χ1) is 13.7. The van der Waals surface area contributed by atoms with Gasteiger partial charge in [-0.3, -0.25) is 9.10 Å². The molecule has 0 aromatic heterocycles. The molecule has 2 aliphatic heterocycles. The van der Waals surface area contributed by atoms with Gasteiger partial charge in [0.2, 0.25) is 15.9 Å². The number of carbonyl (C=O) groups excluding carboxylic acids is 1. The Hall–Kier alpha value is -2.17. The fourth-order valence-corrected chi connectivity index (χ4v) is 6.29. The highest BCUT2D eigenvalue weighted by Crippen LogP contribution is 2.41. The zero-order chi connectivity index (χ0) is 20.8. The number of likely N-dealkylation sites (tertiary alicyclic amines) is 1. The summed E-state index contributed by atoms with van der Waals surface area (Å²) in [5.41, 5.74) is 0.509. The van der Waals surface area contributed by atoms with Crippen molar-refractivity contribution in [2.24, 2.45) is 0 Å². The summed E-state index contributed by atoms with van der Waals surface area (Å²) in [6.07, 6.45) is 3.46. The first-order valence-electron chi connectivity index (χ1n) is 9.47. The molecule has 156 valence electrons. The summed E-state index contributed by atoms with van der Waals surface area (Å²) >= 11 is 0. The Morgan fingerprint density at radius 3 is 2.62 bits per heavy atom. The van der Waals surface area contributed by atoms with Gasteiger partial charge in [-0.1, -0.05) is 24.3 Å². The number of rotatable bonds is 5. The van der Waals surface area contributed by atoms with Gasteiger partial charge in [0.15, 0.2) is 0 Å². The third-order valence-corrected chi connectivity index (χ3v) is 7.98. The number of anilines is 1. The fourth-order valence-electron chi connectivity index (χ4n) is 4.13. The van der Waals surface area contributed by atoms with Gasteiger partial charge >= 0.3 is 0 Å². The normalized spacial score (nSPS) is 20.9. The van der Waals surface area contributed by atoms with Crippen molar-refractivity contribution in [1.82, 2.24) is 9.62 Å². The van der Waals surface area contributed by atoms with Crippen molar-refractivity contribution in [2.45, 2.75) is 30.2 Å². The average Bonchev–Trinajstić information content (AvgIpc) is 2.89. The molecule has 1 saturated heterocycles. The number of hydrogen-bond donors (Lipinski definition) is 1. The molecule has 2 heterocycles. The minimum absolute atomic E-state index is 0.132. The molecule has 0 saturated carbocycles. The molecule has 4 rings (SSSR count). The van der Waals surface area contributed by atoms with Crippen LogP contribution in [0, 0.1) is 0 Å². The summed E-state index contributed by atoms with van der Waals surface area (Å²) in [7, 11) is -7.18. The van der Waals surface area contributed by atoms with Crippen LogP contribution in [0.2, 0.25) is 0 Å². The zero-order valence-electron chi connectivity index (χ0n) is 16.0. The fraction of sp³-hybridized carbons (Fsp3) is 0.421. The third-order valence-electron chi connectivity index (χ3n) is 5.49. The largest absolute Gasteiger partial charge is 0.337 e. The van der Waals surface area contributed by atoms with Gasteiger partial charge in [0.1, 0.15) is 6.54 Å². The van der Waals surface area contributed by atoms with Crippen molar-refractivity contribution in [2.75, 3.05) is 30.2 Å². The minimum Gasteiger partial charge on any atom is -0.337 e. The van der Waals surface area contributed by atoms with Crippen LogP contribution in [-0.4, -0.2) is 59.6 Å². The summed E-state index contributed by atoms with van der Waals surface area (Å²) in [5.74, 6) is -0.321. The lowest BCUT2D eigenvalue weighted by Crippen LogP contribution is -2.52. The molecule has 2 aromatic carbocycles. The van der Waals surface area contributed by atoms with E-state index < -0.39 is 20.0 Å². The number of sulfonamides is 2. The maximum atomic E-state index is 13.1. The number of nitrogens with one attached hydrogen (secondary N) is 1. The number of hydrogen-bond acceptors (Lipinski definition) is 5. The van der Waals surface area contributed by atoms with Gasteiger partial charge in [0.25, 0.3) is 10.0 Å². The highest BCUT2D eigenvalue weighted by molar-refractivity contribution is 7.93. The molecule has 0 spiro atoms. The van der Waals surface area contributed by atoms with E-state index in [0.29, 0.717) is 24.0 Å². The van der Waals surface area contributed by atoms with E-state index in [9.17, 15) is 21.6 Å². The van der Waals surface area contributed by atoms with Crippen LogP contribution >= 0.6 is 0 Å². The Balaban J connectivity index is 1.60. The molecule has 29 heavy (non-hydrogen) atoms. The number of carbonyl (C=O) groups is 1. The molecule has 2 aromatic rings. The second-order valence-electron chi connectivity index (χ2n) is 7.50. The Kier molecular flexibility index (Phi) is 5.04. The number of nitrogens with zero attached hydrogens (tertiary/aromatic N) is 2. The molecule has 1 amide bonds. The maximum absolute atomic E-state index is 13.1. The van der Waals surface area contributed by atoms with E-state index >= 15 is 0 Å². The second kappa shape index (κ2) is 7.26. The van der Waals surface area contributed by atoms with Crippen LogP contribution in [0.15, 0.2) is 41.3 Å². The molecule has 1 N–H and O–H groups in total. The lowest BCUT2D eigenvalue weighted by atomic mass is 10.0. The third kappa shape index (κ3) is 3.72. The van der Waals surface area contributed by atoms with Crippen molar-refractivity contribution < 1.29 is 21.6 Å². The zero-order valence-corrected chi connectivity index (χ0v) is 17.7. The Bertz CT molecular complexity index is 1170. The van der Waals surface area contributed by atoms with E-state index in [1.54, 1.807) is 29.2 Å². The summed E-state index contributed by atoms with van der Waals surface area (Å²) in [5, 5.41) is 1.45. The van der Waals surface area contributed by atoms with Crippen LogP contribution < -0.4 is 9.03 Å². The lowest BCUT2D eigenvalue weighted by molar-refractivity contribution is -0.133. The summed E-state index contributed by atoms with van der Waals surface area (Å²) in [4.78, 5) is 14.9. The smallest absolute Gasteiger partial charge is 0.265 e. The molecule has 0 aliphatic carbocycles. The number of amides is 1. The van der Waals surface area contributed by atoms with E-state index in [4.69, 9.17) is 0 Å². The van der Waals surface area contributed by atoms with Crippen LogP contribution in [0.25, 0.3) is 10.8 Å². The van der Waals surface area contributed by atoms with E-state index in [-0.39, 0.29) is 29.9 Å². The van der Waals surface area contributed by atoms with Crippen LogP contribution in [0.4, 0.5) is 5.69 Å². The number of piperidine rings is 1. The number of benzene rings is 2. The molecule has 0 bridgehead atoms. The van der Waals surface area contributed by atoms with Gasteiger partial charge in [-0.2, -0.15) is 0 Å². The van der Waals surface area contributed by atoms with Gasteiger partial charge in [0, 0.05) is 24.5 Å². The van der Waals surface area contributed by atoms with Gasteiger partial charge in [-0.05, 0) is 36.8 Å². The molecule has 10 heteroatoms. The minimum atomic E-state index is -3.81. The van der Waals surface area contributed by atoms with Gasteiger partial charge in [-0.25, -0.2) is 21.6 Å². The predicted octanol–water partition coefficient (Wildman–Crippen LogP) is 1.28. The highest BCUT2D eigenvalue weighted by Gasteiger charge is 2.38.